The van der Waals surface area contributed by atoms with Crippen molar-refractivity contribution in [3.8, 4) is 0 Å². The number of halogens is 1. The molecular weight excluding hydrogens is 299 g/mol. The number of aromatic nitrogens is 4. The second-order valence-electron chi connectivity index (χ2n) is 4.76. The molecule has 0 atom stereocenters. The highest BCUT2D eigenvalue weighted by Gasteiger charge is 2.10. The van der Waals surface area contributed by atoms with Crippen LogP contribution in [0, 0.1) is 5.82 Å². The van der Waals surface area contributed by atoms with E-state index in [1.54, 1.807) is 24.5 Å². The topological polar surface area (TPSA) is 95.8 Å². The monoisotopic (exact) mass is 314 g/mol. The van der Waals surface area contributed by atoms with Crippen molar-refractivity contribution in [1.29, 1.82) is 0 Å². The SMILES string of the molecule is OCCCNc1nc(Nc2ccc(F)cc2)c2nccnc2n1. The van der Waals surface area contributed by atoms with E-state index in [9.17, 15) is 4.39 Å². The minimum Gasteiger partial charge on any atom is -0.396 e. The molecule has 0 saturated carbocycles. The Labute approximate surface area is 131 Å². The van der Waals surface area contributed by atoms with E-state index in [-0.39, 0.29) is 12.4 Å². The largest absolute Gasteiger partial charge is 0.396 e. The summed E-state index contributed by atoms with van der Waals surface area (Å²) in [5.74, 6) is 0.548. The Morgan fingerprint density at radius 3 is 2.61 bits per heavy atom. The summed E-state index contributed by atoms with van der Waals surface area (Å²) in [5, 5.41) is 15.0. The van der Waals surface area contributed by atoms with Gasteiger partial charge in [-0.15, -0.1) is 0 Å². The minimum absolute atomic E-state index is 0.0844. The number of aliphatic hydroxyl groups excluding tert-OH is 1. The van der Waals surface area contributed by atoms with Crippen LogP contribution < -0.4 is 10.6 Å². The van der Waals surface area contributed by atoms with Crippen molar-refractivity contribution in [2.45, 2.75) is 6.42 Å². The van der Waals surface area contributed by atoms with Crippen LogP contribution in [0.3, 0.4) is 0 Å². The lowest BCUT2D eigenvalue weighted by Gasteiger charge is -2.10. The van der Waals surface area contributed by atoms with Crippen LogP contribution in [0.5, 0.6) is 0 Å². The van der Waals surface area contributed by atoms with Gasteiger partial charge in [0.2, 0.25) is 5.95 Å². The molecule has 8 heteroatoms. The zero-order valence-corrected chi connectivity index (χ0v) is 12.2. The number of fused-ring (bicyclic) bond motifs is 1. The Bertz CT molecular complexity index is 796. The molecule has 0 bridgehead atoms. The van der Waals surface area contributed by atoms with Crippen molar-refractivity contribution in [2.24, 2.45) is 0 Å². The zero-order chi connectivity index (χ0) is 16.1. The van der Waals surface area contributed by atoms with E-state index in [1.165, 1.54) is 12.1 Å². The lowest BCUT2D eigenvalue weighted by molar-refractivity contribution is 0.292. The molecule has 7 nitrogen and oxygen atoms in total. The van der Waals surface area contributed by atoms with Gasteiger partial charge >= 0.3 is 0 Å². The number of hydrogen-bond acceptors (Lipinski definition) is 7. The van der Waals surface area contributed by atoms with Crippen molar-refractivity contribution in [3.63, 3.8) is 0 Å². The fraction of sp³-hybridized carbons (Fsp3) is 0.200. The molecule has 3 aromatic rings. The van der Waals surface area contributed by atoms with Crippen molar-refractivity contribution in [2.75, 3.05) is 23.8 Å². The second kappa shape index (κ2) is 6.93. The van der Waals surface area contributed by atoms with Crippen molar-refractivity contribution >= 4 is 28.6 Å². The number of nitrogens with zero attached hydrogens (tertiary/aromatic N) is 4. The molecule has 0 saturated heterocycles. The van der Waals surface area contributed by atoms with Crippen LogP contribution in [0.25, 0.3) is 11.2 Å². The van der Waals surface area contributed by atoms with Crippen LogP contribution >= 0.6 is 0 Å². The molecule has 3 N–H and O–H groups in total. The van der Waals surface area contributed by atoms with E-state index in [2.05, 4.69) is 30.6 Å². The molecule has 23 heavy (non-hydrogen) atoms. The Kier molecular flexibility index (Phi) is 4.53. The molecule has 0 aliphatic heterocycles. The zero-order valence-electron chi connectivity index (χ0n) is 12.2. The first-order valence-electron chi connectivity index (χ1n) is 7.12. The predicted molar refractivity (Wildman–Crippen MR) is 85.0 cm³/mol. The third-order valence-electron chi connectivity index (χ3n) is 3.06. The average molecular weight is 314 g/mol. The van der Waals surface area contributed by atoms with Crippen LogP contribution in [0.4, 0.5) is 21.8 Å². The van der Waals surface area contributed by atoms with Crippen molar-refractivity contribution in [3.05, 3.63) is 42.5 Å². The Morgan fingerprint density at radius 2 is 1.83 bits per heavy atom. The molecule has 0 amide bonds. The summed E-state index contributed by atoms with van der Waals surface area (Å²) in [7, 11) is 0. The summed E-state index contributed by atoms with van der Waals surface area (Å²) in [6.45, 7) is 0.624. The van der Waals surface area contributed by atoms with Crippen LogP contribution in [-0.2, 0) is 0 Å². The molecule has 0 aliphatic carbocycles. The molecule has 1 aromatic carbocycles. The minimum atomic E-state index is -0.311. The van der Waals surface area contributed by atoms with Gasteiger partial charge in [0, 0.05) is 31.2 Å². The standard InChI is InChI=1S/C15H15FN6O/c16-10-2-4-11(5-3-10)20-14-12-13(18-8-7-17-12)21-15(22-14)19-6-1-9-23/h2-5,7-8,23H,1,6,9H2,(H2,18,19,20,21,22). The number of benzene rings is 1. The second-order valence-corrected chi connectivity index (χ2v) is 4.76. The van der Waals surface area contributed by atoms with Gasteiger partial charge in [-0.3, -0.25) is 0 Å². The van der Waals surface area contributed by atoms with Crippen LogP contribution in [0.1, 0.15) is 6.42 Å². The van der Waals surface area contributed by atoms with Crippen molar-refractivity contribution in [1.82, 2.24) is 19.9 Å². The van der Waals surface area contributed by atoms with Gasteiger partial charge in [0.05, 0.1) is 0 Å². The van der Waals surface area contributed by atoms with Gasteiger partial charge in [-0.25, -0.2) is 14.4 Å². The van der Waals surface area contributed by atoms with Crippen LogP contribution in [0.2, 0.25) is 0 Å². The average Bonchev–Trinajstić information content (AvgIpc) is 2.57. The summed E-state index contributed by atoms with van der Waals surface area (Å²) in [6.07, 6.45) is 3.69. The molecule has 0 spiro atoms. The number of anilines is 3. The fourth-order valence-corrected chi connectivity index (χ4v) is 1.98. The number of hydrogen-bond donors (Lipinski definition) is 3. The van der Waals surface area contributed by atoms with Gasteiger partial charge in [0.25, 0.3) is 0 Å². The highest BCUT2D eigenvalue weighted by atomic mass is 19.1. The molecular formula is C15H15FN6O. The normalized spacial score (nSPS) is 10.7. The van der Waals surface area contributed by atoms with Gasteiger partial charge in [0.1, 0.15) is 5.82 Å². The van der Waals surface area contributed by atoms with Gasteiger partial charge in [0.15, 0.2) is 17.0 Å². The first-order chi connectivity index (χ1) is 11.3. The highest BCUT2D eigenvalue weighted by Crippen LogP contribution is 2.22. The Morgan fingerprint density at radius 1 is 1.04 bits per heavy atom. The maximum atomic E-state index is 13.0. The van der Waals surface area contributed by atoms with Gasteiger partial charge in [-0.2, -0.15) is 9.97 Å². The lowest BCUT2D eigenvalue weighted by Crippen LogP contribution is -2.09. The molecule has 2 heterocycles. The summed E-state index contributed by atoms with van der Waals surface area (Å²) >= 11 is 0. The third-order valence-corrected chi connectivity index (χ3v) is 3.06. The maximum absolute atomic E-state index is 13.0. The van der Waals surface area contributed by atoms with Gasteiger partial charge in [-0.05, 0) is 30.7 Å². The van der Waals surface area contributed by atoms with Crippen LogP contribution in [-0.4, -0.2) is 38.2 Å². The number of rotatable bonds is 6. The summed E-state index contributed by atoms with van der Waals surface area (Å²) in [5.41, 5.74) is 1.64. The summed E-state index contributed by atoms with van der Waals surface area (Å²) in [6, 6.07) is 5.94. The number of aliphatic hydroxyl groups is 1. The summed E-state index contributed by atoms with van der Waals surface area (Å²) < 4.78 is 13.0. The molecule has 3 rings (SSSR count). The smallest absolute Gasteiger partial charge is 0.226 e. The van der Waals surface area contributed by atoms with E-state index >= 15 is 0 Å². The quantitative estimate of drug-likeness (QED) is 0.600. The molecule has 0 aliphatic rings. The molecule has 0 radical (unpaired) electrons. The van der Waals surface area contributed by atoms with E-state index in [0.29, 0.717) is 41.6 Å². The van der Waals surface area contributed by atoms with E-state index < -0.39 is 0 Å². The van der Waals surface area contributed by atoms with Crippen LogP contribution in [0.15, 0.2) is 36.7 Å². The lowest BCUT2D eigenvalue weighted by atomic mass is 10.3. The van der Waals surface area contributed by atoms with Crippen molar-refractivity contribution < 1.29 is 9.50 Å². The van der Waals surface area contributed by atoms with E-state index in [1.807, 2.05) is 0 Å². The molecule has 0 unspecified atom stereocenters. The van der Waals surface area contributed by atoms with Gasteiger partial charge in [-0.1, -0.05) is 0 Å². The molecule has 2 aromatic heterocycles. The molecule has 118 valence electrons. The fourth-order valence-electron chi connectivity index (χ4n) is 1.98. The molecule has 0 fully saturated rings. The predicted octanol–water partition coefficient (Wildman–Crippen LogP) is 2.10. The Balaban J connectivity index is 1.94. The van der Waals surface area contributed by atoms with E-state index in [4.69, 9.17) is 5.11 Å². The van der Waals surface area contributed by atoms with Gasteiger partial charge < -0.3 is 15.7 Å². The summed E-state index contributed by atoms with van der Waals surface area (Å²) in [4.78, 5) is 17.1. The third kappa shape index (κ3) is 3.67. The first-order valence-corrected chi connectivity index (χ1v) is 7.12. The van der Waals surface area contributed by atoms with E-state index in [0.717, 1.165) is 0 Å². The first kappa shape index (κ1) is 15.0. The number of nitrogens with one attached hydrogen (secondary N) is 2. The highest BCUT2D eigenvalue weighted by molar-refractivity contribution is 5.85. The maximum Gasteiger partial charge on any atom is 0.226 e. The Hall–Kier alpha value is -2.87.